The molecule has 0 saturated carbocycles. The van der Waals surface area contributed by atoms with Crippen molar-refractivity contribution in [3.63, 3.8) is 0 Å². The molecule has 0 spiro atoms. The topological polar surface area (TPSA) is 50.8 Å². The van der Waals surface area contributed by atoms with Crippen molar-refractivity contribution in [2.24, 2.45) is 7.05 Å². The van der Waals surface area contributed by atoms with Crippen molar-refractivity contribution in [1.82, 2.24) is 9.55 Å². The predicted molar refractivity (Wildman–Crippen MR) is 118 cm³/mol. The number of imidazole rings is 1. The van der Waals surface area contributed by atoms with Gasteiger partial charge < -0.3 is 9.30 Å². The number of nitriles is 1. The molecular weight excluding hydrogens is 402 g/mol. The summed E-state index contributed by atoms with van der Waals surface area (Å²) < 4.78 is 8.31. The molecule has 6 heteroatoms. The van der Waals surface area contributed by atoms with Gasteiger partial charge in [-0.2, -0.15) is 16.6 Å². The van der Waals surface area contributed by atoms with Gasteiger partial charge in [0.15, 0.2) is 0 Å². The molecule has 2 aromatic carbocycles. The number of ether oxygens (including phenoxy) is 1. The Morgan fingerprint density at radius 3 is 2.66 bits per heavy atom. The van der Waals surface area contributed by atoms with Crippen molar-refractivity contribution >= 4 is 23.7 Å². The Morgan fingerprint density at radius 2 is 2.00 bits per heavy atom. The van der Waals surface area contributed by atoms with Crippen LogP contribution in [-0.2, 0) is 18.4 Å². The lowest BCUT2D eigenvalue weighted by atomic mass is 9.96. The van der Waals surface area contributed by atoms with E-state index < -0.39 is 0 Å². The third-order valence-electron chi connectivity index (χ3n) is 4.68. The van der Waals surface area contributed by atoms with Crippen LogP contribution in [-0.4, -0.2) is 9.55 Å². The number of nitrogens with zero attached hydrogens (tertiary/aromatic N) is 3. The Kier molecular flexibility index (Phi) is 6.84. The zero-order chi connectivity index (χ0) is 19.3. The average Bonchev–Trinajstić information content (AvgIpc) is 3.41. The molecule has 0 fully saturated rings. The molecule has 2 aromatic heterocycles. The maximum atomic E-state index is 9.53. The van der Waals surface area contributed by atoms with E-state index in [-0.39, 0.29) is 18.5 Å². The first-order valence-corrected chi connectivity index (χ1v) is 9.89. The van der Waals surface area contributed by atoms with Crippen LogP contribution in [0.4, 0.5) is 0 Å². The number of halogens is 1. The van der Waals surface area contributed by atoms with Crippen LogP contribution in [0.5, 0.6) is 0 Å². The van der Waals surface area contributed by atoms with Crippen LogP contribution in [0.1, 0.15) is 28.5 Å². The van der Waals surface area contributed by atoms with Crippen LogP contribution in [0.15, 0.2) is 77.9 Å². The maximum absolute atomic E-state index is 9.53. The Morgan fingerprint density at radius 1 is 1.17 bits per heavy atom. The van der Waals surface area contributed by atoms with E-state index in [1.807, 2.05) is 59.6 Å². The van der Waals surface area contributed by atoms with Crippen molar-refractivity contribution in [2.75, 3.05) is 0 Å². The first kappa shape index (κ1) is 20.8. The number of rotatable bonds is 6. The van der Waals surface area contributed by atoms with Crippen molar-refractivity contribution in [3.8, 4) is 17.2 Å². The highest BCUT2D eigenvalue weighted by atomic mass is 35.5. The van der Waals surface area contributed by atoms with E-state index in [1.54, 1.807) is 17.7 Å². The standard InChI is InChI=1S/C23H19N3OS.ClH/c1-26-16-25-13-22(26)23(27-14-17-5-3-2-4-6-17)18-7-8-19(12-24)21(11-18)20-9-10-28-15-20;/h2-11,13,15-16,23H,14H2,1H3;1H. The summed E-state index contributed by atoms with van der Waals surface area (Å²) in [6, 6.07) is 20.4. The summed E-state index contributed by atoms with van der Waals surface area (Å²) in [4.78, 5) is 4.26. The second-order valence-corrected chi connectivity index (χ2v) is 7.31. The molecule has 0 amide bonds. The maximum Gasteiger partial charge on any atom is 0.124 e. The highest BCUT2D eigenvalue weighted by Gasteiger charge is 2.20. The smallest absolute Gasteiger partial charge is 0.124 e. The molecule has 0 radical (unpaired) electrons. The second kappa shape index (κ2) is 9.53. The number of hydrogen-bond donors (Lipinski definition) is 0. The zero-order valence-corrected chi connectivity index (χ0v) is 17.5. The summed E-state index contributed by atoms with van der Waals surface area (Å²) in [5.74, 6) is 0. The van der Waals surface area contributed by atoms with Crippen LogP contribution >= 0.6 is 23.7 Å². The van der Waals surface area contributed by atoms with E-state index in [9.17, 15) is 5.26 Å². The van der Waals surface area contributed by atoms with Crippen molar-refractivity contribution in [2.45, 2.75) is 12.7 Å². The van der Waals surface area contributed by atoms with Crippen LogP contribution < -0.4 is 0 Å². The van der Waals surface area contributed by atoms with Crippen molar-refractivity contribution in [3.05, 3.63) is 100 Å². The molecule has 0 saturated heterocycles. The Hall–Kier alpha value is -2.91. The van der Waals surface area contributed by atoms with Crippen LogP contribution in [0.3, 0.4) is 0 Å². The van der Waals surface area contributed by atoms with Gasteiger partial charge in [0.25, 0.3) is 0 Å². The lowest BCUT2D eigenvalue weighted by Crippen LogP contribution is -2.11. The summed E-state index contributed by atoms with van der Waals surface area (Å²) in [6.45, 7) is 0.491. The number of aryl methyl sites for hydroxylation is 1. The molecule has 2 heterocycles. The summed E-state index contributed by atoms with van der Waals surface area (Å²) in [5.41, 5.74) is 5.72. The molecule has 29 heavy (non-hydrogen) atoms. The Bertz CT molecular complexity index is 1100. The van der Waals surface area contributed by atoms with Gasteiger partial charge in [0.1, 0.15) is 6.10 Å². The fraction of sp³-hybridized carbons (Fsp3) is 0.130. The van der Waals surface area contributed by atoms with E-state index in [4.69, 9.17) is 4.74 Å². The van der Waals surface area contributed by atoms with Crippen LogP contribution in [0.25, 0.3) is 11.1 Å². The van der Waals surface area contributed by atoms with Gasteiger partial charge in [-0.15, -0.1) is 12.4 Å². The zero-order valence-electron chi connectivity index (χ0n) is 15.9. The quantitative estimate of drug-likeness (QED) is 0.398. The predicted octanol–water partition coefficient (Wildman–Crippen LogP) is 5.75. The normalized spacial score (nSPS) is 11.4. The lowest BCUT2D eigenvalue weighted by Gasteiger charge is -2.20. The summed E-state index contributed by atoms with van der Waals surface area (Å²) in [7, 11) is 1.96. The number of thiophene rings is 1. The largest absolute Gasteiger partial charge is 0.363 e. The third-order valence-corrected chi connectivity index (χ3v) is 5.36. The SMILES string of the molecule is Cl.Cn1cncc1C(OCc1ccccc1)c1ccc(C#N)c(-c2ccsc2)c1. The van der Waals surface area contributed by atoms with Gasteiger partial charge in [0.2, 0.25) is 0 Å². The molecule has 4 rings (SSSR count). The summed E-state index contributed by atoms with van der Waals surface area (Å²) in [6.07, 6.45) is 3.33. The number of aromatic nitrogens is 2. The molecule has 1 atom stereocenters. The van der Waals surface area contributed by atoms with Crippen LogP contribution in [0, 0.1) is 11.3 Å². The van der Waals surface area contributed by atoms with Gasteiger partial charge >= 0.3 is 0 Å². The Labute approximate surface area is 180 Å². The molecule has 1 unspecified atom stereocenters. The van der Waals surface area contributed by atoms with E-state index in [1.165, 1.54) is 0 Å². The number of hydrogen-bond acceptors (Lipinski definition) is 4. The van der Waals surface area contributed by atoms with Gasteiger partial charge in [-0.1, -0.05) is 36.4 Å². The fourth-order valence-electron chi connectivity index (χ4n) is 3.21. The van der Waals surface area contributed by atoms with E-state index in [0.717, 1.165) is 27.9 Å². The second-order valence-electron chi connectivity index (χ2n) is 6.53. The minimum atomic E-state index is -0.280. The fourth-order valence-corrected chi connectivity index (χ4v) is 3.86. The summed E-state index contributed by atoms with van der Waals surface area (Å²) >= 11 is 1.62. The monoisotopic (exact) mass is 421 g/mol. The molecule has 0 aliphatic heterocycles. The number of benzene rings is 2. The molecule has 0 bridgehead atoms. The molecule has 146 valence electrons. The minimum absolute atomic E-state index is 0. The van der Waals surface area contributed by atoms with E-state index >= 15 is 0 Å². The summed E-state index contributed by atoms with van der Waals surface area (Å²) in [5, 5.41) is 13.6. The molecular formula is C23H20ClN3OS. The van der Waals surface area contributed by atoms with Gasteiger partial charge in [-0.05, 0) is 45.6 Å². The lowest BCUT2D eigenvalue weighted by molar-refractivity contribution is 0.0622. The first-order chi connectivity index (χ1) is 13.8. The highest BCUT2D eigenvalue weighted by Crippen LogP contribution is 2.33. The van der Waals surface area contributed by atoms with Crippen molar-refractivity contribution in [1.29, 1.82) is 5.26 Å². The highest BCUT2D eigenvalue weighted by molar-refractivity contribution is 7.08. The van der Waals surface area contributed by atoms with E-state index in [0.29, 0.717) is 12.2 Å². The molecule has 0 N–H and O–H groups in total. The third kappa shape index (κ3) is 4.57. The Balaban J connectivity index is 0.00000240. The van der Waals surface area contributed by atoms with E-state index in [2.05, 4.69) is 34.6 Å². The van der Waals surface area contributed by atoms with Gasteiger partial charge in [-0.3, -0.25) is 0 Å². The van der Waals surface area contributed by atoms with Crippen LogP contribution in [0.2, 0.25) is 0 Å². The first-order valence-electron chi connectivity index (χ1n) is 8.94. The molecule has 4 aromatic rings. The minimum Gasteiger partial charge on any atom is -0.363 e. The van der Waals surface area contributed by atoms with Gasteiger partial charge in [-0.25, -0.2) is 4.98 Å². The molecule has 0 aliphatic rings. The van der Waals surface area contributed by atoms with Gasteiger partial charge in [0.05, 0.1) is 36.5 Å². The van der Waals surface area contributed by atoms with Crippen molar-refractivity contribution < 1.29 is 4.74 Å². The average molecular weight is 422 g/mol. The molecule has 4 nitrogen and oxygen atoms in total. The van der Waals surface area contributed by atoms with Gasteiger partial charge in [0, 0.05) is 12.6 Å². The molecule has 0 aliphatic carbocycles.